The summed E-state index contributed by atoms with van der Waals surface area (Å²) in [5, 5.41) is 5.70. The summed E-state index contributed by atoms with van der Waals surface area (Å²) in [6.45, 7) is 4.10. The SMILES string of the molecule is C[C@H](NC(=O)NC1CCCCC1)C(=O)N1CCOCC1. The summed E-state index contributed by atoms with van der Waals surface area (Å²) in [6, 6.07) is -0.461. The van der Waals surface area contributed by atoms with Gasteiger partial charge in [0.25, 0.3) is 0 Å². The molecule has 0 radical (unpaired) electrons. The molecule has 2 N–H and O–H groups in total. The number of urea groups is 1. The fourth-order valence-electron chi connectivity index (χ4n) is 2.79. The lowest BCUT2D eigenvalue weighted by Crippen LogP contribution is -2.53. The largest absolute Gasteiger partial charge is 0.378 e. The molecule has 1 atom stereocenters. The molecule has 1 saturated carbocycles. The molecule has 6 heteroatoms. The normalized spacial score (nSPS) is 22.1. The van der Waals surface area contributed by atoms with Gasteiger partial charge in [-0.2, -0.15) is 0 Å². The van der Waals surface area contributed by atoms with Crippen LogP contribution in [0.2, 0.25) is 0 Å². The Morgan fingerprint density at radius 3 is 2.45 bits per heavy atom. The van der Waals surface area contributed by atoms with Crippen LogP contribution in [0.15, 0.2) is 0 Å². The van der Waals surface area contributed by atoms with E-state index in [1.165, 1.54) is 19.3 Å². The second kappa shape index (κ2) is 7.47. The highest BCUT2D eigenvalue weighted by atomic mass is 16.5. The highest BCUT2D eigenvalue weighted by molar-refractivity contribution is 5.86. The van der Waals surface area contributed by atoms with Crippen molar-refractivity contribution in [2.75, 3.05) is 26.3 Å². The molecule has 3 amide bonds. The van der Waals surface area contributed by atoms with Crippen molar-refractivity contribution in [1.29, 1.82) is 0 Å². The third-order valence-electron chi connectivity index (χ3n) is 3.98. The Hall–Kier alpha value is -1.30. The molecule has 2 aliphatic rings. The lowest BCUT2D eigenvalue weighted by Gasteiger charge is -2.30. The van der Waals surface area contributed by atoms with Crippen molar-refractivity contribution >= 4 is 11.9 Å². The van der Waals surface area contributed by atoms with Crippen molar-refractivity contribution in [2.45, 2.75) is 51.1 Å². The number of nitrogens with zero attached hydrogens (tertiary/aromatic N) is 1. The van der Waals surface area contributed by atoms with Crippen LogP contribution in [-0.4, -0.2) is 55.2 Å². The van der Waals surface area contributed by atoms with E-state index in [0.29, 0.717) is 26.3 Å². The molecule has 0 unspecified atom stereocenters. The minimum absolute atomic E-state index is 0.0351. The quantitative estimate of drug-likeness (QED) is 0.807. The van der Waals surface area contributed by atoms with Gasteiger partial charge >= 0.3 is 6.03 Å². The third kappa shape index (κ3) is 4.37. The Balaban J connectivity index is 1.73. The smallest absolute Gasteiger partial charge is 0.315 e. The van der Waals surface area contributed by atoms with Gasteiger partial charge in [-0.05, 0) is 19.8 Å². The van der Waals surface area contributed by atoms with Gasteiger partial charge in [-0.3, -0.25) is 4.79 Å². The summed E-state index contributed by atoms with van der Waals surface area (Å²) in [7, 11) is 0. The maximum absolute atomic E-state index is 12.2. The zero-order chi connectivity index (χ0) is 14.4. The number of carbonyl (C=O) groups excluding carboxylic acids is 2. The molecule has 0 aromatic rings. The van der Waals surface area contributed by atoms with Crippen LogP contribution in [0.4, 0.5) is 4.79 Å². The van der Waals surface area contributed by atoms with Crippen molar-refractivity contribution in [3.8, 4) is 0 Å². The van der Waals surface area contributed by atoms with Crippen molar-refractivity contribution in [3.63, 3.8) is 0 Å². The standard InChI is InChI=1S/C14H25N3O3/c1-11(13(18)17-7-9-20-10-8-17)15-14(19)16-12-5-3-2-4-6-12/h11-12H,2-10H2,1H3,(H2,15,16,19)/t11-/m0/s1. The van der Waals surface area contributed by atoms with Gasteiger partial charge in [0, 0.05) is 19.1 Å². The minimum Gasteiger partial charge on any atom is -0.378 e. The molecule has 1 saturated heterocycles. The third-order valence-corrected chi connectivity index (χ3v) is 3.98. The van der Waals surface area contributed by atoms with Crippen LogP contribution >= 0.6 is 0 Å². The molecule has 2 fully saturated rings. The first-order valence-electron chi connectivity index (χ1n) is 7.60. The number of rotatable bonds is 3. The molecule has 0 aromatic carbocycles. The maximum Gasteiger partial charge on any atom is 0.315 e. The van der Waals surface area contributed by atoms with Crippen LogP contribution in [0, 0.1) is 0 Å². The van der Waals surface area contributed by atoms with Gasteiger partial charge in [-0.15, -0.1) is 0 Å². The highest BCUT2D eigenvalue weighted by Gasteiger charge is 2.24. The molecule has 114 valence electrons. The Morgan fingerprint density at radius 2 is 1.80 bits per heavy atom. The summed E-state index contributed by atoms with van der Waals surface area (Å²) < 4.78 is 5.22. The first-order valence-corrected chi connectivity index (χ1v) is 7.60. The molecule has 1 aliphatic carbocycles. The predicted molar refractivity (Wildman–Crippen MR) is 75.4 cm³/mol. The van der Waals surface area contributed by atoms with Crippen molar-refractivity contribution in [2.24, 2.45) is 0 Å². The van der Waals surface area contributed by atoms with Gasteiger partial charge in [-0.25, -0.2) is 4.79 Å². The molecular formula is C14H25N3O3. The summed E-state index contributed by atoms with van der Waals surface area (Å²) in [5.74, 6) is -0.0351. The lowest BCUT2D eigenvalue weighted by atomic mass is 9.96. The number of amides is 3. The number of morpholine rings is 1. The molecule has 1 aliphatic heterocycles. The van der Waals surface area contributed by atoms with Gasteiger partial charge < -0.3 is 20.3 Å². The van der Waals surface area contributed by atoms with Crippen LogP contribution in [0.25, 0.3) is 0 Å². The van der Waals surface area contributed by atoms with Gasteiger partial charge in [0.15, 0.2) is 0 Å². The topological polar surface area (TPSA) is 70.7 Å². The molecule has 0 bridgehead atoms. The number of ether oxygens (including phenoxy) is 1. The van der Waals surface area contributed by atoms with E-state index < -0.39 is 6.04 Å². The van der Waals surface area contributed by atoms with Crippen LogP contribution in [0.1, 0.15) is 39.0 Å². The Kier molecular flexibility index (Phi) is 5.64. The zero-order valence-electron chi connectivity index (χ0n) is 12.2. The van der Waals surface area contributed by atoms with Gasteiger partial charge in [0.05, 0.1) is 13.2 Å². The van der Waals surface area contributed by atoms with Gasteiger partial charge in [0.2, 0.25) is 5.91 Å². The first kappa shape index (κ1) is 15.1. The average molecular weight is 283 g/mol. The lowest BCUT2D eigenvalue weighted by molar-refractivity contribution is -0.136. The average Bonchev–Trinajstić information content (AvgIpc) is 2.48. The monoisotopic (exact) mass is 283 g/mol. The van der Waals surface area contributed by atoms with E-state index in [2.05, 4.69) is 10.6 Å². The Bertz CT molecular complexity index is 337. The highest BCUT2D eigenvalue weighted by Crippen LogP contribution is 2.17. The predicted octanol–water partition coefficient (Wildman–Crippen LogP) is 0.866. The van der Waals surface area contributed by atoms with E-state index in [1.54, 1.807) is 11.8 Å². The molecule has 6 nitrogen and oxygen atoms in total. The maximum atomic E-state index is 12.2. The number of hydrogen-bond acceptors (Lipinski definition) is 3. The molecular weight excluding hydrogens is 258 g/mol. The molecule has 20 heavy (non-hydrogen) atoms. The van der Waals surface area contributed by atoms with E-state index in [9.17, 15) is 9.59 Å². The summed E-state index contributed by atoms with van der Waals surface area (Å²) in [5.41, 5.74) is 0. The Labute approximate surface area is 120 Å². The molecule has 0 aromatic heterocycles. The number of nitrogens with one attached hydrogen (secondary N) is 2. The van der Waals surface area contributed by atoms with Crippen LogP contribution in [0.3, 0.4) is 0 Å². The van der Waals surface area contributed by atoms with Gasteiger partial charge in [0.1, 0.15) is 6.04 Å². The van der Waals surface area contributed by atoms with Crippen molar-refractivity contribution < 1.29 is 14.3 Å². The minimum atomic E-state index is -0.489. The van der Waals surface area contributed by atoms with Crippen LogP contribution < -0.4 is 10.6 Å². The fraction of sp³-hybridized carbons (Fsp3) is 0.857. The summed E-state index contributed by atoms with van der Waals surface area (Å²) in [6.07, 6.45) is 5.69. The first-order chi connectivity index (χ1) is 9.66. The second-order valence-electron chi connectivity index (χ2n) is 5.61. The Morgan fingerprint density at radius 1 is 1.15 bits per heavy atom. The summed E-state index contributed by atoms with van der Waals surface area (Å²) in [4.78, 5) is 25.8. The number of carbonyl (C=O) groups is 2. The van der Waals surface area contributed by atoms with E-state index >= 15 is 0 Å². The van der Waals surface area contributed by atoms with E-state index in [-0.39, 0.29) is 18.0 Å². The van der Waals surface area contributed by atoms with Crippen molar-refractivity contribution in [3.05, 3.63) is 0 Å². The fourth-order valence-corrected chi connectivity index (χ4v) is 2.79. The molecule has 1 heterocycles. The summed E-state index contributed by atoms with van der Waals surface area (Å²) >= 11 is 0. The van der Waals surface area contributed by atoms with E-state index in [4.69, 9.17) is 4.74 Å². The zero-order valence-corrected chi connectivity index (χ0v) is 12.2. The van der Waals surface area contributed by atoms with Crippen LogP contribution in [0.5, 0.6) is 0 Å². The van der Waals surface area contributed by atoms with Crippen molar-refractivity contribution in [1.82, 2.24) is 15.5 Å². The van der Waals surface area contributed by atoms with E-state index in [0.717, 1.165) is 12.8 Å². The molecule has 0 spiro atoms. The van der Waals surface area contributed by atoms with E-state index in [1.807, 2.05) is 0 Å². The second-order valence-corrected chi connectivity index (χ2v) is 5.61. The number of hydrogen-bond donors (Lipinski definition) is 2. The van der Waals surface area contributed by atoms with Crippen LogP contribution in [-0.2, 0) is 9.53 Å². The molecule has 2 rings (SSSR count). The van der Waals surface area contributed by atoms with Gasteiger partial charge in [-0.1, -0.05) is 19.3 Å².